The van der Waals surface area contributed by atoms with Gasteiger partial charge in [0, 0.05) is 28.7 Å². The summed E-state index contributed by atoms with van der Waals surface area (Å²) in [5.74, 6) is 0.392. The van der Waals surface area contributed by atoms with E-state index in [0.29, 0.717) is 27.9 Å². The highest BCUT2D eigenvalue weighted by Crippen LogP contribution is 2.37. The first-order chi connectivity index (χ1) is 16.9. The van der Waals surface area contributed by atoms with Crippen molar-refractivity contribution in [3.63, 3.8) is 0 Å². The van der Waals surface area contributed by atoms with Crippen molar-refractivity contribution in [1.82, 2.24) is 9.55 Å². The Morgan fingerprint density at radius 3 is 2.22 bits per heavy atom. The molecule has 0 saturated heterocycles. The van der Waals surface area contributed by atoms with E-state index in [-0.39, 0.29) is 10.7 Å². The van der Waals surface area contributed by atoms with Gasteiger partial charge < -0.3 is 0 Å². The molecule has 0 saturated carbocycles. The summed E-state index contributed by atoms with van der Waals surface area (Å²) < 4.78 is 39.0. The number of sulfonamides is 1. The largest absolute Gasteiger partial charge is 0.300 e. The second-order valence-corrected chi connectivity index (χ2v) is 11.7. The van der Waals surface area contributed by atoms with E-state index in [0.717, 1.165) is 28.3 Å². The van der Waals surface area contributed by atoms with Gasteiger partial charge in [0.25, 0.3) is 0 Å². The summed E-state index contributed by atoms with van der Waals surface area (Å²) in [6, 6.07) is 16.1. The number of rotatable bonds is 7. The number of nitrogens with zero attached hydrogens (tertiary/aromatic N) is 2. The smallest absolute Gasteiger partial charge is 0.238 e. The summed E-state index contributed by atoms with van der Waals surface area (Å²) in [4.78, 5) is 4.65. The van der Waals surface area contributed by atoms with Crippen LogP contribution >= 0.6 is 34.8 Å². The Morgan fingerprint density at radius 1 is 0.917 bits per heavy atom. The quantitative estimate of drug-likeness (QED) is 0.269. The lowest BCUT2D eigenvalue weighted by molar-refractivity contribution is 0.594. The fraction of sp³-hybridized carbons (Fsp3) is 0.192. The van der Waals surface area contributed by atoms with E-state index in [4.69, 9.17) is 44.9 Å². The van der Waals surface area contributed by atoms with Crippen molar-refractivity contribution in [3.8, 4) is 5.69 Å². The molecule has 2 N–H and O–H groups in total. The Kier molecular flexibility index (Phi) is 7.51. The third-order valence-corrected chi connectivity index (χ3v) is 8.17. The van der Waals surface area contributed by atoms with Crippen LogP contribution in [0, 0.1) is 5.82 Å². The van der Waals surface area contributed by atoms with Gasteiger partial charge in [-0.25, -0.2) is 22.9 Å². The van der Waals surface area contributed by atoms with Gasteiger partial charge in [-0.3, -0.25) is 4.57 Å². The summed E-state index contributed by atoms with van der Waals surface area (Å²) in [6.45, 7) is 4.10. The van der Waals surface area contributed by atoms with Crippen LogP contribution in [0.5, 0.6) is 0 Å². The molecule has 1 heterocycles. The summed E-state index contributed by atoms with van der Waals surface area (Å²) in [5.41, 5.74) is 2.79. The highest BCUT2D eigenvalue weighted by molar-refractivity contribution is 7.89. The third-order valence-electron chi connectivity index (χ3n) is 6.17. The molecule has 0 amide bonds. The lowest BCUT2D eigenvalue weighted by Gasteiger charge is -2.28. The van der Waals surface area contributed by atoms with Gasteiger partial charge >= 0.3 is 0 Å². The molecule has 0 unspecified atom stereocenters. The Bertz CT molecular complexity index is 1530. The minimum atomic E-state index is -3.85. The Labute approximate surface area is 224 Å². The minimum absolute atomic E-state index is 0.0466. The van der Waals surface area contributed by atoms with Crippen molar-refractivity contribution in [2.24, 2.45) is 5.14 Å². The van der Waals surface area contributed by atoms with Crippen molar-refractivity contribution in [1.29, 1.82) is 0 Å². The number of aryl methyl sites for hydroxylation is 2. The molecule has 4 aromatic rings. The van der Waals surface area contributed by atoms with Gasteiger partial charge in [-0.1, -0.05) is 60.8 Å². The molecule has 188 valence electrons. The summed E-state index contributed by atoms with van der Waals surface area (Å²) in [7, 11) is -3.85. The van der Waals surface area contributed by atoms with Crippen molar-refractivity contribution >= 4 is 44.8 Å². The molecule has 0 aliphatic carbocycles. The van der Waals surface area contributed by atoms with Crippen LogP contribution in [-0.2, 0) is 28.3 Å². The molecule has 0 fully saturated rings. The van der Waals surface area contributed by atoms with Crippen LogP contribution in [-0.4, -0.2) is 18.0 Å². The lowest BCUT2D eigenvalue weighted by Crippen LogP contribution is -2.23. The van der Waals surface area contributed by atoms with Gasteiger partial charge in [0.15, 0.2) is 0 Å². The SMILES string of the molecule is CC(C)(c1ccc(Cl)c(Cl)c1)c1cnc(CCc2ccc(S(N)(=O)=O)cc2Cl)n1-c1ccc(F)cc1. The molecule has 0 aliphatic heterocycles. The number of hydrogen-bond donors (Lipinski definition) is 1. The zero-order chi connectivity index (χ0) is 26.3. The maximum absolute atomic E-state index is 13.7. The van der Waals surface area contributed by atoms with E-state index in [2.05, 4.69) is 13.8 Å². The van der Waals surface area contributed by atoms with Crippen molar-refractivity contribution in [3.05, 3.63) is 110 Å². The summed E-state index contributed by atoms with van der Waals surface area (Å²) in [6.07, 6.45) is 2.78. The fourth-order valence-corrected chi connectivity index (χ4v) is 5.25. The van der Waals surface area contributed by atoms with E-state index >= 15 is 0 Å². The first-order valence-corrected chi connectivity index (χ1v) is 13.7. The van der Waals surface area contributed by atoms with E-state index in [1.165, 1.54) is 24.3 Å². The van der Waals surface area contributed by atoms with E-state index in [1.807, 2.05) is 16.7 Å². The average Bonchev–Trinajstić information content (AvgIpc) is 3.24. The highest BCUT2D eigenvalue weighted by Gasteiger charge is 2.30. The number of benzene rings is 3. The lowest BCUT2D eigenvalue weighted by atomic mass is 9.81. The molecule has 5 nitrogen and oxygen atoms in total. The van der Waals surface area contributed by atoms with Gasteiger partial charge in [0.1, 0.15) is 11.6 Å². The minimum Gasteiger partial charge on any atom is -0.300 e. The molecule has 3 aromatic carbocycles. The molecule has 0 atom stereocenters. The molecular weight excluding hydrogens is 544 g/mol. The molecule has 1 aromatic heterocycles. The van der Waals surface area contributed by atoms with E-state index in [1.54, 1.807) is 30.5 Å². The number of aromatic nitrogens is 2. The maximum Gasteiger partial charge on any atom is 0.238 e. The summed E-state index contributed by atoms with van der Waals surface area (Å²) >= 11 is 18.8. The van der Waals surface area contributed by atoms with Crippen molar-refractivity contribution in [2.75, 3.05) is 0 Å². The van der Waals surface area contributed by atoms with Crippen LogP contribution in [0.3, 0.4) is 0 Å². The van der Waals surface area contributed by atoms with Crippen LogP contribution in [0.25, 0.3) is 5.69 Å². The van der Waals surface area contributed by atoms with Gasteiger partial charge in [0.05, 0.1) is 20.6 Å². The first-order valence-electron chi connectivity index (χ1n) is 11.0. The standard InChI is InChI=1S/C26H23Cl3FN3O2S/c1-26(2,17-5-11-21(27)23(29)13-17)24-15-32-25(33(24)19-8-6-18(30)7-9-19)12-4-16-3-10-20(14-22(16)28)36(31,34)35/h3,5-11,13-15H,4,12H2,1-2H3,(H2,31,34,35). The number of nitrogens with two attached hydrogens (primary N) is 1. The van der Waals surface area contributed by atoms with Crippen LogP contribution in [0.2, 0.25) is 15.1 Å². The molecule has 0 spiro atoms. The molecular formula is C26H23Cl3FN3O2S. The number of primary sulfonamides is 1. The normalized spacial score (nSPS) is 12.2. The Hall–Kier alpha value is -2.42. The van der Waals surface area contributed by atoms with E-state index in [9.17, 15) is 12.8 Å². The van der Waals surface area contributed by atoms with Crippen molar-refractivity contribution in [2.45, 2.75) is 37.0 Å². The van der Waals surface area contributed by atoms with E-state index < -0.39 is 15.4 Å². The summed E-state index contributed by atoms with van der Waals surface area (Å²) in [5, 5.41) is 6.42. The maximum atomic E-state index is 13.7. The van der Waals surface area contributed by atoms with Crippen LogP contribution in [0.1, 0.15) is 36.5 Å². The van der Waals surface area contributed by atoms with Gasteiger partial charge in [-0.2, -0.15) is 0 Å². The van der Waals surface area contributed by atoms with Gasteiger partial charge in [-0.15, -0.1) is 0 Å². The average molecular weight is 567 g/mol. The second-order valence-electron chi connectivity index (χ2n) is 8.92. The molecule has 4 rings (SSSR count). The Balaban J connectivity index is 1.75. The van der Waals surface area contributed by atoms with Gasteiger partial charge in [0.2, 0.25) is 10.0 Å². The predicted octanol–water partition coefficient (Wildman–Crippen LogP) is 6.73. The third kappa shape index (κ3) is 5.45. The molecule has 0 aliphatic rings. The van der Waals surface area contributed by atoms with Crippen LogP contribution in [0.15, 0.2) is 71.8 Å². The number of halogens is 4. The fourth-order valence-electron chi connectivity index (χ4n) is 4.07. The topological polar surface area (TPSA) is 78.0 Å². The number of hydrogen-bond acceptors (Lipinski definition) is 3. The van der Waals surface area contributed by atoms with Crippen LogP contribution in [0.4, 0.5) is 4.39 Å². The zero-order valence-electron chi connectivity index (χ0n) is 19.5. The molecule has 0 radical (unpaired) electrons. The zero-order valence-corrected chi connectivity index (χ0v) is 22.6. The van der Waals surface area contributed by atoms with Gasteiger partial charge in [-0.05, 0) is 66.1 Å². The second kappa shape index (κ2) is 10.1. The highest BCUT2D eigenvalue weighted by atomic mass is 35.5. The van der Waals surface area contributed by atoms with Crippen LogP contribution < -0.4 is 5.14 Å². The molecule has 36 heavy (non-hydrogen) atoms. The predicted molar refractivity (Wildman–Crippen MR) is 142 cm³/mol. The van der Waals surface area contributed by atoms with Crippen molar-refractivity contribution < 1.29 is 12.8 Å². The monoisotopic (exact) mass is 565 g/mol. The Morgan fingerprint density at radius 2 is 1.61 bits per heavy atom. The molecule has 0 bridgehead atoms. The first kappa shape index (κ1) is 26.6. The molecule has 10 heteroatoms. The number of imidazole rings is 1.